The van der Waals surface area contributed by atoms with E-state index in [-0.39, 0.29) is 37.6 Å². The topological polar surface area (TPSA) is 103 Å². The minimum absolute atomic E-state index is 0.00700. The maximum Gasteiger partial charge on any atom is 0.257 e. The summed E-state index contributed by atoms with van der Waals surface area (Å²) in [6.45, 7) is 3.70. The Kier molecular flexibility index (Phi) is 8.21. The van der Waals surface area contributed by atoms with Crippen molar-refractivity contribution >= 4 is 5.91 Å². The lowest BCUT2D eigenvalue weighted by Crippen LogP contribution is -2.37. The van der Waals surface area contributed by atoms with Crippen LogP contribution in [0.15, 0.2) is 53.3 Å². The number of aliphatic hydroxyl groups excluding tert-OH is 1. The first-order valence-electron chi connectivity index (χ1n) is 10.7. The van der Waals surface area contributed by atoms with Crippen molar-refractivity contribution in [2.45, 2.75) is 40.0 Å². The second kappa shape index (κ2) is 11.3. The van der Waals surface area contributed by atoms with Crippen molar-refractivity contribution in [2.75, 3.05) is 13.7 Å². The van der Waals surface area contributed by atoms with E-state index in [0.29, 0.717) is 35.1 Å². The molecule has 8 nitrogen and oxygen atoms in total. The van der Waals surface area contributed by atoms with Crippen LogP contribution in [0.1, 0.15) is 28.2 Å². The Morgan fingerprint density at radius 1 is 1.06 bits per heavy atom. The molecule has 174 valence electrons. The van der Waals surface area contributed by atoms with Gasteiger partial charge in [-0.25, -0.2) is 4.98 Å². The number of nitrogens with zero attached hydrogens (tertiary/aromatic N) is 2. The number of aromatic nitrogens is 2. The maximum atomic E-state index is 13.1. The van der Waals surface area contributed by atoms with Crippen molar-refractivity contribution in [1.29, 1.82) is 0 Å². The van der Waals surface area contributed by atoms with Crippen molar-refractivity contribution in [3.8, 4) is 11.5 Å². The first-order chi connectivity index (χ1) is 15.9. The highest BCUT2D eigenvalue weighted by Gasteiger charge is 2.17. The molecule has 0 unspecified atom stereocenters. The molecule has 1 heterocycles. The third kappa shape index (κ3) is 6.43. The molecular formula is C25H29N3O5. The SMILES string of the molecule is COc1ccc(OCc2nc(C)c(CCO)c(=O)n2CC(=O)NCc2ccc(C)cc2)cc1. The summed E-state index contributed by atoms with van der Waals surface area (Å²) in [6, 6.07) is 14.9. The van der Waals surface area contributed by atoms with E-state index in [0.717, 1.165) is 11.1 Å². The zero-order chi connectivity index (χ0) is 23.8. The minimum Gasteiger partial charge on any atom is -0.497 e. The number of rotatable bonds is 10. The number of carbonyl (C=O) groups is 1. The number of benzene rings is 2. The molecule has 1 amide bonds. The summed E-state index contributed by atoms with van der Waals surface area (Å²) >= 11 is 0. The largest absolute Gasteiger partial charge is 0.497 e. The molecule has 0 atom stereocenters. The van der Waals surface area contributed by atoms with Crippen LogP contribution in [-0.2, 0) is 30.9 Å². The van der Waals surface area contributed by atoms with Crippen LogP contribution in [-0.4, -0.2) is 34.3 Å². The Balaban J connectivity index is 1.78. The van der Waals surface area contributed by atoms with Crippen molar-refractivity contribution in [1.82, 2.24) is 14.9 Å². The summed E-state index contributed by atoms with van der Waals surface area (Å²) in [5.74, 6) is 1.30. The van der Waals surface area contributed by atoms with Gasteiger partial charge < -0.3 is 19.9 Å². The molecule has 3 aromatic rings. The Morgan fingerprint density at radius 3 is 2.36 bits per heavy atom. The van der Waals surface area contributed by atoms with Gasteiger partial charge in [0.05, 0.1) is 7.11 Å². The van der Waals surface area contributed by atoms with Crippen LogP contribution in [0.4, 0.5) is 0 Å². The fraction of sp³-hybridized carbons (Fsp3) is 0.320. The van der Waals surface area contributed by atoms with E-state index in [1.807, 2.05) is 31.2 Å². The molecule has 2 N–H and O–H groups in total. The predicted octanol–water partition coefficient (Wildman–Crippen LogP) is 2.30. The Labute approximate surface area is 192 Å². The first-order valence-corrected chi connectivity index (χ1v) is 10.7. The third-order valence-electron chi connectivity index (χ3n) is 5.25. The zero-order valence-corrected chi connectivity index (χ0v) is 19.1. The summed E-state index contributed by atoms with van der Waals surface area (Å²) in [5, 5.41) is 12.2. The Bertz CT molecular complexity index is 1140. The molecule has 3 rings (SSSR count). The molecule has 0 saturated carbocycles. The number of nitrogens with one attached hydrogen (secondary N) is 1. The van der Waals surface area contributed by atoms with Gasteiger partial charge in [0.1, 0.15) is 30.5 Å². The van der Waals surface area contributed by atoms with Crippen molar-refractivity contribution in [3.05, 3.63) is 87.1 Å². The molecule has 0 fully saturated rings. The number of hydrogen-bond donors (Lipinski definition) is 2. The van der Waals surface area contributed by atoms with Gasteiger partial charge in [0.2, 0.25) is 5.91 Å². The molecule has 0 aliphatic heterocycles. The van der Waals surface area contributed by atoms with Gasteiger partial charge in [-0.05, 0) is 43.7 Å². The first kappa shape index (κ1) is 24.0. The average molecular weight is 452 g/mol. The lowest BCUT2D eigenvalue weighted by molar-refractivity contribution is -0.121. The number of carbonyl (C=O) groups excluding carboxylic acids is 1. The second-order valence-electron chi connectivity index (χ2n) is 7.68. The minimum atomic E-state index is -0.352. The maximum absolute atomic E-state index is 13.1. The fourth-order valence-corrected chi connectivity index (χ4v) is 3.36. The van der Waals surface area contributed by atoms with E-state index in [2.05, 4.69) is 10.3 Å². The van der Waals surface area contributed by atoms with E-state index < -0.39 is 0 Å². The van der Waals surface area contributed by atoms with Crippen molar-refractivity contribution < 1.29 is 19.4 Å². The summed E-state index contributed by atoms with van der Waals surface area (Å²) in [4.78, 5) is 30.3. The molecule has 33 heavy (non-hydrogen) atoms. The van der Waals surface area contributed by atoms with Crippen molar-refractivity contribution in [3.63, 3.8) is 0 Å². The summed E-state index contributed by atoms with van der Waals surface area (Å²) < 4.78 is 12.3. The second-order valence-corrected chi connectivity index (χ2v) is 7.68. The molecule has 0 aliphatic carbocycles. The van der Waals surface area contributed by atoms with Gasteiger partial charge in [0, 0.05) is 30.8 Å². The average Bonchev–Trinajstić information content (AvgIpc) is 2.82. The van der Waals surface area contributed by atoms with Gasteiger partial charge in [0.25, 0.3) is 5.56 Å². The number of amides is 1. The smallest absolute Gasteiger partial charge is 0.257 e. The zero-order valence-electron chi connectivity index (χ0n) is 19.1. The van der Waals surface area contributed by atoms with E-state index in [9.17, 15) is 14.7 Å². The molecule has 0 radical (unpaired) electrons. The lowest BCUT2D eigenvalue weighted by Gasteiger charge is -2.16. The van der Waals surface area contributed by atoms with Gasteiger partial charge in [-0.15, -0.1) is 0 Å². The molecule has 1 aromatic heterocycles. The van der Waals surface area contributed by atoms with Crippen LogP contribution in [0.3, 0.4) is 0 Å². The fourth-order valence-electron chi connectivity index (χ4n) is 3.36. The monoisotopic (exact) mass is 451 g/mol. The number of aliphatic hydroxyl groups is 1. The summed E-state index contributed by atoms with van der Waals surface area (Å²) in [6.07, 6.45) is 0.169. The quantitative estimate of drug-likeness (QED) is 0.490. The lowest BCUT2D eigenvalue weighted by atomic mass is 10.1. The van der Waals surface area contributed by atoms with E-state index >= 15 is 0 Å². The van der Waals surface area contributed by atoms with Crippen LogP contribution in [0.25, 0.3) is 0 Å². The van der Waals surface area contributed by atoms with Crippen LogP contribution < -0.4 is 20.3 Å². The molecule has 0 bridgehead atoms. The molecule has 0 saturated heterocycles. The molecule has 8 heteroatoms. The number of aryl methyl sites for hydroxylation is 2. The molecule has 0 spiro atoms. The van der Waals surface area contributed by atoms with Crippen molar-refractivity contribution in [2.24, 2.45) is 0 Å². The van der Waals surface area contributed by atoms with E-state index in [4.69, 9.17) is 9.47 Å². The Hall–Kier alpha value is -3.65. The van der Waals surface area contributed by atoms with Gasteiger partial charge in [0.15, 0.2) is 0 Å². The van der Waals surface area contributed by atoms with Gasteiger partial charge in [-0.2, -0.15) is 0 Å². The molecular weight excluding hydrogens is 422 g/mol. The van der Waals surface area contributed by atoms with Crippen LogP contribution in [0.5, 0.6) is 11.5 Å². The normalized spacial score (nSPS) is 10.7. The van der Waals surface area contributed by atoms with Gasteiger partial charge in [-0.3, -0.25) is 14.2 Å². The van der Waals surface area contributed by atoms with Crippen LogP contribution >= 0.6 is 0 Å². The van der Waals surface area contributed by atoms with Gasteiger partial charge >= 0.3 is 0 Å². The summed E-state index contributed by atoms with van der Waals surface area (Å²) in [7, 11) is 1.58. The van der Waals surface area contributed by atoms with Crippen LogP contribution in [0, 0.1) is 13.8 Å². The van der Waals surface area contributed by atoms with Crippen LogP contribution in [0.2, 0.25) is 0 Å². The summed E-state index contributed by atoms with van der Waals surface area (Å²) in [5.41, 5.74) is 2.65. The highest BCUT2D eigenvalue weighted by atomic mass is 16.5. The van der Waals surface area contributed by atoms with E-state index in [1.54, 1.807) is 38.3 Å². The van der Waals surface area contributed by atoms with Gasteiger partial charge in [-0.1, -0.05) is 29.8 Å². The standard InChI is InChI=1S/C25H29N3O5/c1-17-4-6-19(7-5-17)14-26-24(30)15-28-23(27-18(2)22(12-13-29)25(28)31)16-33-21-10-8-20(32-3)9-11-21/h4-11,29H,12-16H2,1-3H3,(H,26,30). The number of hydrogen-bond acceptors (Lipinski definition) is 6. The number of ether oxygens (including phenoxy) is 2. The predicted molar refractivity (Wildman–Crippen MR) is 124 cm³/mol. The molecule has 2 aromatic carbocycles. The third-order valence-corrected chi connectivity index (χ3v) is 5.25. The van der Waals surface area contributed by atoms with E-state index in [1.165, 1.54) is 4.57 Å². The Morgan fingerprint density at radius 2 is 1.73 bits per heavy atom. The molecule has 0 aliphatic rings. The highest BCUT2D eigenvalue weighted by molar-refractivity contribution is 5.75. The number of methoxy groups -OCH3 is 1. The highest BCUT2D eigenvalue weighted by Crippen LogP contribution is 2.18.